The van der Waals surface area contributed by atoms with Gasteiger partial charge in [-0.3, -0.25) is 9.59 Å². The van der Waals surface area contributed by atoms with E-state index < -0.39 is 22.0 Å². The van der Waals surface area contributed by atoms with Crippen LogP contribution >= 0.6 is 0 Å². The predicted molar refractivity (Wildman–Crippen MR) is 125 cm³/mol. The lowest BCUT2D eigenvalue weighted by molar-refractivity contribution is -0.197. The Bertz CT molecular complexity index is 616. The summed E-state index contributed by atoms with van der Waals surface area (Å²) in [6, 6.07) is 0. The van der Waals surface area contributed by atoms with Crippen LogP contribution in [0.1, 0.15) is 111 Å². The summed E-state index contributed by atoms with van der Waals surface area (Å²) in [4.78, 5) is 26.8. The van der Waals surface area contributed by atoms with Crippen LogP contribution in [0.5, 0.6) is 0 Å². The number of piperidine rings is 1. The van der Waals surface area contributed by atoms with E-state index in [9.17, 15) is 9.59 Å². The first kappa shape index (κ1) is 24.0. The zero-order valence-electron chi connectivity index (χ0n) is 20.9. The maximum atomic E-state index is 13.4. The van der Waals surface area contributed by atoms with Crippen molar-refractivity contribution < 1.29 is 19.1 Å². The van der Waals surface area contributed by atoms with E-state index in [1.807, 2.05) is 0 Å². The Hall–Kier alpha value is -1.10. The molecule has 32 heavy (non-hydrogen) atoms. The van der Waals surface area contributed by atoms with E-state index in [2.05, 4.69) is 33.0 Å². The molecule has 0 spiro atoms. The fourth-order valence-corrected chi connectivity index (χ4v) is 6.97. The van der Waals surface area contributed by atoms with E-state index in [0.717, 1.165) is 77.3 Å². The minimum atomic E-state index is -0.428. The van der Waals surface area contributed by atoms with Gasteiger partial charge in [-0.25, -0.2) is 0 Å². The van der Waals surface area contributed by atoms with Gasteiger partial charge < -0.3 is 14.8 Å². The van der Waals surface area contributed by atoms with Crippen LogP contribution in [-0.2, 0) is 19.1 Å². The molecule has 0 radical (unpaired) electrons. The maximum Gasteiger partial charge on any atom is 0.312 e. The van der Waals surface area contributed by atoms with E-state index in [1.165, 1.54) is 19.3 Å². The molecule has 5 aliphatic rings. The van der Waals surface area contributed by atoms with Crippen molar-refractivity contribution in [3.63, 3.8) is 0 Å². The minimum Gasteiger partial charge on any atom is -0.459 e. The molecule has 5 heteroatoms. The molecule has 0 aromatic carbocycles. The molecule has 1 heterocycles. The molecule has 0 amide bonds. The van der Waals surface area contributed by atoms with E-state index in [4.69, 9.17) is 9.47 Å². The molecular weight excluding hydrogens is 402 g/mol. The van der Waals surface area contributed by atoms with Crippen molar-refractivity contribution in [2.75, 3.05) is 13.1 Å². The number of nitrogens with one attached hydrogen (secondary N) is 1. The summed E-state index contributed by atoms with van der Waals surface area (Å²) in [7, 11) is 0. The first-order valence-corrected chi connectivity index (χ1v) is 13.3. The summed E-state index contributed by atoms with van der Waals surface area (Å²) in [6.07, 6.45) is 12.8. The molecule has 5 fully saturated rings. The Morgan fingerprint density at radius 2 is 1.03 bits per heavy atom. The van der Waals surface area contributed by atoms with Crippen molar-refractivity contribution in [1.29, 1.82) is 0 Å². The summed E-state index contributed by atoms with van der Waals surface area (Å²) in [5.41, 5.74) is -1.61. The first-order valence-electron chi connectivity index (χ1n) is 13.3. The molecule has 0 aromatic rings. The van der Waals surface area contributed by atoms with Crippen LogP contribution in [0.15, 0.2) is 0 Å². The van der Waals surface area contributed by atoms with E-state index in [1.54, 1.807) is 0 Å². The summed E-state index contributed by atoms with van der Waals surface area (Å²) < 4.78 is 12.4. The molecule has 4 aliphatic carbocycles. The number of hydrogen-bond donors (Lipinski definition) is 1. The van der Waals surface area contributed by atoms with Gasteiger partial charge in [0.25, 0.3) is 0 Å². The van der Waals surface area contributed by atoms with Crippen molar-refractivity contribution in [1.82, 2.24) is 5.32 Å². The van der Waals surface area contributed by atoms with Gasteiger partial charge in [0.05, 0.1) is 10.8 Å². The lowest BCUT2D eigenvalue weighted by atomic mass is 9.53. The average Bonchev–Trinajstić information content (AvgIpc) is 2.81. The minimum absolute atomic E-state index is 0.00947. The molecule has 0 unspecified atom stereocenters. The van der Waals surface area contributed by atoms with Crippen LogP contribution in [0.3, 0.4) is 0 Å². The molecule has 2 bridgehead atoms. The van der Waals surface area contributed by atoms with Crippen molar-refractivity contribution in [2.45, 2.75) is 122 Å². The number of hydrogen-bond acceptors (Lipinski definition) is 5. The zero-order chi connectivity index (χ0) is 23.0. The van der Waals surface area contributed by atoms with Crippen LogP contribution in [0.2, 0.25) is 0 Å². The van der Waals surface area contributed by atoms with Gasteiger partial charge in [0.15, 0.2) is 0 Å². The van der Waals surface area contributed by atoms with Gasteiger partial charge in [-0.15, -0.1) is 0 Å². The Labute approximate surface area is 194 Å². The van der Waals surface area contributed by atoms with Crippen LogP contribution in [0.4, 0.5) is 0 Å². The fraction of sp³-hybridized carbons (Fsp3) is 0.926. The molecule has 182 valence electrons. The van der Waals surface area contributed by atoms with E-state index in [-0.39, 0.29) is 11.9 Å². The normalized spacial score (nSPS) is 32.5. The maximum absolute atomic E-state index is 13.4. The number of esters is 2. The fourth-order valence-electron chi connectivity index (χ4n) is 6.97. The molecule has 5 nitrogen and oxygen atoms in total. The SMILES string of the molecule is CC(C)(OC(=O)C12CCC(C(=O)OC(C)(C)C3CCNCC3)(CC1)CC2)C1CCCCC1. The molecule has 0 atom stereocenters. The number of carbonyl (C=O) groups excluding carboxylic acids is 2. The number of carbonyl (C=O) groups is 2. The highest BCUT2D eigenvalue weighted by molar-refractivity contribution is 5.82. The van der Waals surface area contributed by atoms with Gasteiger partial charge in [-0.05, 0) is 111 Å². The average molecular weight is 448 g/mol. The van der Waals surface area contributed by atoms with Gasteiger partial charge in [-0.1, -0.05) is 19.3 Å². The van der Waals surface area contributed by atoms with Crippen molar-refractivity contribution in [3.05, 3.63) is 0 Å². The summed E-state index contributed by atoms with van der Waals surface area (Å²) in [5.74, 6) is 0.845. The molecule has 4 saturated carbocycles. The highest BCUT2D eigenvalue weighted by Gasteiger charge is 2.58. The Morgan fingerprint density at radius 3 is 1.44 bits per heavy atom. The third-order valence-electron chi connectivity index (χ3n) is 9.73. The zero-order valence-corrected chi connectivity index (χ0v) is 20.9. The number of rotatable bonds is 6. The van der Waals surface area contributed by atoms with E-state index in [0.29, 0.717) is 11.8 Å². The van der Waals surface area contributed by atoms with Gasteiger partial charge >= 0.3 is 11.9 Å². The molecule has 1 aliphatic heterocycles. The molecule has 5 rings (SSSR count). The second kappa shape index (κ2) is 8.92. The number of ether oxygens (including phenoxy) is 2. The topological polar surface area (TPSA) is 64.6 Å². The summed E-state index contributed by atoms with van der Waals surface area (Å²) in [5, 5.41) is 3.40. The lowest BCUT2D eigenvalue weighted by Crippen LogP contribution is -2.53. The third-order valence-corrected chi connectivity index (χ3v) is 9.73. The number of fused-ring (bicyclic) bond motifs is 3. The molecule has 0 aromatic heterocycles. The van der Waals surface area contributed by atoms with Gasteiger partial charge in [0.2, 0.25) is 0 Å². The first-order chi connectivity index (χ1) is 15.1. The standard InChI is InChI=1S/C27H45NO4/c1-24(2,20-8-6-5-7-9-20)31-22(29)26-12-15-27(16-13-26,17-14-26)23(30)32-25(3,4)21-10-18-28-19-11-21/h20-21,28H,5-19H2,1-4H3. The third kappa shape index (κ3) is 4.60. The monoisotopic (exact) mass is 447 g/mol. The van der Waals surface area contributed by atoms with Crippen LogP contribution < -0.4 is 5.32 Å². The largest absolute Gasteiger partial charge is 0.459 e. The summed E-state index contributed by atoms with van der Waals surface area (Å²) >= 11 is 0. The van der Waals surface area contributed by atoms with Gasteiger partial charge in [-0.2, -0.15) is 0 Å². The quantitative estimate of drug-likeness (QED) is 0.541. The molecular formula is C27H45NO4. The Kier molecular flexibility index (Phi) is 6.70. The highest BCUT2D eigenvalue weighted by Crippen LogP contribution is 2.58. The van der Waals surface area contributed by atoms with Crippen LogP contribution in [-0.4, -0.2) is 36.2 Å². The predicted octanol–water partition coefficient (Wildman–Crippen LogP) is 5.55. The second-order valence-corrected chi connectivity index (χ2v) is 12.4. The lowest BCUT2D eigenvalue weighted by Gasteiger charge is -2.52. The van der Waals surface area contributed by atoms with Crippen molar-refractivity contribution in [3.8, 4) is 0 Å². The van der Waals surface area contributed by atoms with Crippen molar-refractivity contribution in [2.24, 2.45) is 22.7 Å². The van der Waals surface area contributed by atoms with Crippen LogP contribution in [0, 0.1) is 22.7 Å². The molecule has 1 N–H and O–H groups in total. The van der Waals surface area contributed by atoms with Crippen LogP contribution in [0.25, 0.3) is 0 Å². The van der Waals surface area contributed by atoms with Gasteiger partial charge in [0.1, 0.15) is 11.2 Å². The van der Waals surface area contributed by atoms with Crippen molar-refractivity contribution >= 4 is 11.9 Å². The Morgan fingerprint density at radius 1 is 0.656 bits per heavy atom. The smallest absolute Gasteiger partial charge is 0.312 e. The van der Waals surface area contributed by atoms with Gasteiger partial charge in [0, 0.05) is 5.92 Å². The highest BCUT2D eigenvalue weighted by atomic mass is 16.6. The molecule has 1 saturated heterocycles. The summed E-state index contributed by atoms with van der Waals surface area (Å²) in [6.45, 7) is 10.4. The second-order valence-electron chi connectivity index (χ2n) is 12.4. The van der Waals surface area contributed by atoms with E-state index >= 15 is 0 Å². The Balaban J connectivity index is 1.36.